The number of amides is 1. The Hall–Kier alpha value is -1.47. The number of ether oxygens (including phenoxy) is 1. The summed E-state index contributed by atoms with van der Waals surface area (Å²) < 4.78 is 26.8. The number of aryl methyl sites for hydroxylation is 2. The number of carbonyl (C=O) groups excluding carboxylic acids is 2. The monoisotopic (exact) mass is 651 g/mol. The van der Waals surface area contributed by atoms with E-state index >= 15 is 0 Å². The molecule has 1 aliphatic heterocycles. The third-order valence-corrected chi connectivity index (χ3v) is 24.7. The predicted molar refractivity (Wildman–Crippen MR) is 185 cm³/mol. The van der Waals surface area contributed by atoms with E-state index in [0.29, 0.717) is 11.3 Å². The van der Waals surface area contributed by atoms with Crippen LogP contribution in [-0.4, -0.2) is 61.2 Å². The van der Waals surface area contributed by atoms with Crippen LogP contribution in [0.25, 0.3) is 0 Å². The number of rotatable bonds is 17. The van der Waals surface area contributed by atoms with Crippen molar-refractivity contribution >= 4 is 36.8 Å². The Labute approximate surface area is 265 Å². The second-order valence-electron chi connectivity index (χ2n) is 12.7. The van der Waals surface area contributed by atoms with E-state index in [2.05, 4.69) is 67.6 Å². The molecular formula is C33H61NO6Si3. The Morgan fingerprint density at radius 3 is 1.74 bits per heavy atom. The first-order chi connectivity index (χ1) is 20.3. The SMILES string of the molecule is CC[Si](CC)(CC)Oc1c(C)ccc(C)c1C(=O)N[C@@H]1COC(=O)[C@H](O[Si](CC)(CC)CC)[C@]1(C)O[Si](CC)(CC)CC. The van der Waals surface area contributed by atoms with Gasteiger partial charge in [-0.05, 0) is 86.3 Å². The molecule has 0 spiro atoms. The van der Waals surface area contributed by atoms with Crippen molar-refractivity contribution in [3.8, 4) is 5.75 Å². The molecule has 0 bridgehead atoms. The molecule has 0 saturated carbocycles. The van der Waals surface area contributed by atoms with Gasteiger partial charge in [0.25, 0.3) is 14.2 Å². The van der Waals surface area contributed by atoms with E-state index in [1.165, 1.54) is 0 Å². The van der Waals surface area contributed by atoms with E-state index in [1.54, 1.807) is 0 Å². The van der Waals surface area contributed by atoms with Crippen LogP contribution in [0.5, 0.6) is 5.75 Å². The summed E-state index contributed by atoms with van der Waals surface area (Å²) >= 11 is 0. The van der Waals surface area contributed by atoms with E-state index in [1.807, 2.05) is 32.9 Å². The molecule has 7 nitrogen and oxygen atoms in total. The van der Waals surface area contributed by atoms with Crippen molar-refractivity contribution in [2.24, 2.45) is 0 Å². The quantitative estimate of drug-likeness (QED) is 0.134. The second kappa shape index (κ2) is 15.7. The minimum absolute atomic E-state index is 0.0418. The van der Waals surface area contributed by atoms with Gasteiger partial charge in [0.1, 0.15) is 18.0 Å². The van der Waals surface area contributed by atoms with Gasteiger partial charge in [-0.15, -0.1) is 0 Å². The molecule has 246 valence electrons. The van der Waals surface area contributed by atoms with Crippen molar-refractivity contribution in [1.29, 1.82) is 0 Å². The molecule has 1 aromatic carbocycles. The normalized spacial score (nSPS) is 21.4. The first-order valence-corrected chi connectivity index (χ1v) is 24.5. The van der Waals surface area contributed by atoms with E-state index in [0.717, 1.165) is 65.5 Å². The highest BCUT2D eigenvalue weighted by Gasteiger charge is 2.57. The Morgan fingerprint density at radius 1 is 0.814 bits per heavy atom. The molecule has 1 fully saturated rings. The highest BCUT2D eigenvalue weighted by atomic mass is 28.4. The average molecular weight is 652 g/mol. The van der Waals surface area contributed by atoms with Gasteiger partial charge < -0.3 is 23.3 Å². The predicted octanol–water partition coefficient (Wildman–Crippen LogP) is 8.51. The number of esters is 1. The first kappa shape index (κ1) is 37.7. The van der Waals surface area contributed by atoms with Gasteiger partial charge >= 0.3 is 5.97 Å². The van der Waals surface area contributed by atoms with E-state index in [-0.39, 0.29) is 18.5 Å². The van der Waals surface area contributed by atoms with Crippen LogP contribution in [0.4, 0.5) is 0 Å². The van der Waals surface area contributed by atoms with Crippen molar-refractivity contribution in [3.05, 3.63) is 28.8 Å². The van der Waals surface area contributed by atoms with Crippen LogP contribution in [0.2, 0.25) is 54.4 Å². The molecule has 3 atom stereocenters. The van der Waals surface area contributed by atoms with Crippen LogP contribution in [0.15, 0.2) is 12.1 Å². The molecule has 1 heterocycles. The third kappa shape index (κ3) is 7.85. The number of hydrogen-bond acceptors (Lipinski definition) is 6. The van der Waals surface area contributed by atoms with Gasteiger partial charge in [0.05, 0.1) is 11.6 Å². The van der Waals surface area contributed by atoms with Crippen molar-refractivity contribution in [3.63, 3.8) is 0 Å². The molecular weight excluding hydrogens is 591 g/mol. The Balaban J connectivity index is 2.67. The summed E-state index contributed by atoms with van der Waals surface area (Å²) in [4.78, 5) is 27.9. The van der Waals surface area contributed by atoms with Gasteiger partial charge in [-0.1, -0.05) is 74.4 Å². The van der Waals surface area contributed by atoms with Gasteiger partial charge in [0.2, 0.25) is 0 Å². The molecule has 0 aromatic heterocycles. The summed E-state index contributed by atoms with van der Waals surface area (Å²) in [5.74, 6) is 0.0826. The van der Waals surface area contributed by atoms with Crippen molar-refractivity contribution < 1.29 is 27.6 Å². The van der Waals surface area contributed by atoms with Crippen LogP contribution in [-0.2, 0) is 18.4 Å². The van der Waals surface area contributed by atoms with Gasteiger partial charge in [-0.3, -0.25) is 4.79 Å². The summed E-state index contributed by atoms with van der Waals surface area (Å²) in [6, 6.07) is 11.8. The largest absolute Gasteiger partial charge is 0.543 e. The van der Waals surface area contributed by atoms with E-state index in [9.17, 15) is 9.59 Å². The van der Waals surface area contributed by atoms with Crippen LogP contribution >= 0.6 is 0 Å². The fraction of sp³-hybridized carbons (Fsp3) is 0.758. The first-order valence-electron chi connectivity index (χ1n) is 16.9. The topological polar surface area (TPSA) is 83.1 Å². The lowest BCUT2D eigenvalue weighted by atomic mass is 9.88. The fourth-order valence-corrected chi connectivity index (χ4v) is 15.2. The molecule has 1 N–H and O–H groups in total. The molecule has 1 amide bonds. The zero-order chi connectivity index (χ0) is 32.6. The zero-order valence-corrected chi connectivity index (χ0v) is 32.3. The van der Waals surface area contributed by atoms with Gasteiger partial charge in [0.15, 0.2) is 22.7 Å². The summed E-state index contributed by atoms with van der Waals surface area (Å²) in [6.45, 7) is 25.6. The highest BCUT2D eigenvalue weighted by Crippen LogP contribution is 2.40. The minimum atomic E-state index is -2.25. The summed E-state index contributed by atoms with van der Waals surface area (Å²) in [6.07, 6.45) is -0.899. The summed E-state index contributed by atoms with van der Waals surface area (Å²) in [7, 11) is -6.54. The summed E-state index contributed by atoms with van der Waals surface area (Å²) in [5.41, 5.74) is 1.32. The lowest BCUT2D eigenvalue weighted by molar-refractivity contribution is -0.183. The fourth-order valence-electron chi connectivity index (χ4n) is 6.59. The lowest BCUT2D eigenvalue weighted by Gasteiger charge is -2.51. The van der Waals surface area contributed by atoms with Gasteiger partial charge in [0, 0.05) is 0 Å². The number of nitrogens with one attached hydrogen (secondary N) is 1. The number of carbonyl (C=O) groups is 2. The average Bonchev–Trinajstić information content (AvgIpc) is 3.02. The number of cyclic esters (lactones) is 1. The molecule has 10 heteroatoms. The molecule has 1 aliphatic rings. The van der Waals surface area contributed by atoms with Crippen molar-refractivity contribution in [2.45, 2.75) is 155 Å². The molecule has 1 aromatic rings. The maximum Gasteiger partial charge on any atom is 0.337 e. The number of hydrogen-bond donors (Lipinski definition) is 1. The van der Waals surface area contributed by atoms with E-state index < -0.39 is 42.7 Å². The maximum atomic E-state index is 14.4. The van der Waals surface area contributed by atoms with Crippen molar-refractivity contribution in [1.82, 2.24) is 5.32 Å². The molecule has 43 heavy (non-hydrogen) atoms. The van der Waals surface area contributed by atoms with Crippen LogP contribution in [0, 0.1) is 13.8 Å². The smallest absolute Gasteiger partial charge is 0.337 e. The van der Waals surface area contributed by atoms with Crippen LogP contribution in [0.1, 0.15) is 90.7 Å². The molecule has 0 aliphatic carbocycles. The molecule has 2 rings (SSSR count). The Bertz CT molecular complexity index is 1060. The highest BCUT2D eigenvalue weighted by molar-refractivity contribution is 6.75. The summed E-state index contributed by atoms with van der Waals surface area (Å²) in [5, 5.41) is 3.31. The van der Waals surface area contributed by atoms with Crippen molar-refractivity contribution in [2.75, 3.05) is 6.61 Å². The molecule has 0 radical (unpaired) electrons. The van der Waals surface area contributed by atoms with Crippen LogP contribution in [0.3, 0.4) is 0 Å². The molecule has 1 saturated heterocycles. The molecule has 0 unspecified atom stereocenters. The Morgan fingerprint density at radius 2 is 1.28 bits per heavy atom. The third-order valence-electron chi connectivity index (χ3n) is 10.8. The van der Waals surface area contributed by atoms with Gasteiger partial charge in [-0.2, -0.15) is 0 Å². The lowest BCUT2D eigenvalue weighted by Crippen LogP contribution is -2.71. The standard InChI is InChI=1S/C33H61NO6Si3/c1-13-41(14-2,15-3)38-29-26(11)23-22-25(10)28(29)31(35)34-27-24-37-32(36)30(39-42(16-4,17-5)18-6)33(27,12)40-43(19-7,20-8)21-9/h22-23,27,30H,13-21,24H2,1-12H3,(H,34,35)/t27-,30+,33-/m1/s1. The minimum Gasteiger partial charge on any atom is -0.543 e. The van der Waals surface area contributed by atoms with Gasteiger partial charge in [-0.25, -0.2) is 4.79 Å². The van der Waals surface area contributed by atoms with Crippen LogP contribution < -0.4 is 9.74 Å². The maximum absolute atomic E-state index is 14.4. The second-order valence-corrected chi connectivity index (χ2v) is 26.8. The zero-order valence-electron chi connectivity index (χ0n) is 29.3. The number of benzene rings is 1. The van der Waals surface area contributed by atoms with E-state index in [4.69, 9.17) is 18.0 Å². The Kier molecular flexibility index (Phi) is 13.8.